The molecule has 4 N–H and O–H groups in total. The molecule has 1 saturated heterocycles. The molecule has 2 aromatic heterocycles. The van der Waals surface area contributed by atoms with Gasteiger partial charge in [0.05, 0.1) is 12.9 Å². The van der Waals surface area contributed by atoms with Crippen molar-refractivity contribution >= 4 is 34.9 Å². The van der Waals surface area contributed by atoms with Gasteiger partial charge in [0.25, 0.3) is 0 Å². The summed E-state index contributed by atoms with van der Waals surface area (Å²) in [5, 5.41) is 20.1. The molecule has 0 saturated carbocycles. The van der Waals surface area contributed by atoms with Gasteiger partial charge in [-0.15, -0.1) is 0 Å². The van der Waals surface area contributed by atoms with Gasteiger partial charge in [-0.2, -0.15) is 0 Å². The van der Waals surface area contributed by atoms with Crippen LogP contribution in [0.1, 0.15) is 6.23 Å². The first-order valence-electron chi connectivity index (χ1n) is 6.32. The largest absolute Gasteiger partial charge is 0.469 e. The first-order valence-corrected chi connectivity index (χ1v) is 8.65. The van der Waals surface area contributed by atoms with Crippen LogP contribution in [0.5, 0.6) is 0 Å². The van der Waals surface area contributed by atoms with E-state index in [0.717, 1.165) is 0 Å². The fourth-order valence-corrected chi connectivity index (χ4v) is 2.99. The van der Waals surface area contributed by atoms with Crippen LogP contribution >= 0.6 is 23.8 Å². The first-order chi connectivity index (χ1) is 10.8. The number of imidazole rings is 1. The number of fused-ring (bicyclic) bond motifs is 1. The molecule has 23 heavy (non-hydrogen) atoms. The molecule has 2 aromatic rings. The van der Waals surface area contributed by atoms with E-state index in [1.165, 1.54) is 17.2 Å². The Balaban J connectivity index is 1.85. The van der Waals surface area contributed by atoms with Gasteiger partial charge in [0.2, 0.25) is 0 Å². The van der Waals surface area contributed by atoms with Crippen molar-refractivity contribution in [3.05, 3.63) is 17.3 Å². The van der Waals surface area contributed by atoms with E-state index in [0.29, 0.717) is 15.8 Å². The van der Waals surface area contributed by atoms with Crippen molar-refractivity contribution in [1.29, 1.82) is 0 Å². The number of aliphatic hydroxyl groups excluding tert-OH is 2. The van der Waals surface area contributed by atoms with Crippen molar-refractivity contribution in [2.24, 2.45) is 0 Å². The average Bonchev–Trinajstić information content (AvgIpc) is 3.01. The summed E-state index contributed by atoms with van der Waals surface area (Å²) in [5.41, 5.74) is 0.799. The molecule has 11 nitrogen and oxygen atoms in total. The molecule has 0 unspecified atom stereocenters. The second-order valence-electron chi connectivity index (χ2n) is 4.82. The number of hydrogen-bond donors (Lipinski definition) is 4. The predicted octanol–water partition coefficient (Wildman–Crippen LogP) is -0.683. The SMILES string of the molecule is O=P(O)(O)OC[C@H]1O[C@@H](n2cnc3c(Br)ncnc32)[C@H](O)[C@@H]1O. The summed E-state index contributed by atoms with van der Waals surface area (Å²) in [7, 11) is -4.71. The lowest BCUT2D eigenvalue weighted by Crippen LogP contribution is -2.33. The summed E-state index contributed by atoms with van der Waals surface area (Å²) >= 11 is 3.22. The van der Waals surface area contributed by atoms with E-state index in [9.17, 15) is 14.8 Å². The van der Waals surface area contributed by atoms with E-state index in [1.54, 1.807) is 0 Å². The lowest BCUT2D eigenvalue weighted by Gasteiger charge is -2.16. The summed E-state index contributed by atoms with van der Waals surface area (Å²) in [5.74, 6) is 0. The molecule has 0 spiro atoms. The predicted molar refractivity (Wildman–Crippen MR) is 76.9 cm³/mol. The van der Waals surface area contributed by atoms with Gasteiger partial charge in [-0.05, 0) is 15.9 Å². The zero-order valence-electron chi connectivity index (χ0n) is 11.3. The van der Waals surface area contributed by atoms with Crippen molar-refractivity contribution in [1.82, 2.24) is 19.5 Å². The Morgan fingerprint density at radius 1 is 1.30 bits per heavy atom. The highest BCUT2D eigenvalue weighted by atomic mass is 79.9. The van der Waals surface area contributed by atoms with Gasteiger partial charge in [0, 0.05) is 0 Å². The summed E-state index contributed by atoms with van der Waals surface area (Å²) in [6.45, 7) is -0.579. The van der Waals surface area contributed by atoms with Crippen LogP contribution in [0.25, 0.3) is 11.2 Å². The fourth-order valence-electron chi connectivity index (χ4n) is 2.28. The topological polar surface area (TPSA) is 160 Å². The lowest BCUT2D eigenvalue weighted by atomic mass is 10.1. The number of phosphoric acid groups is 1. The highest BCUT2D eigenvalue weighted by Gasteiger charge is 2.45. The van der Waals surface area contributed by atoms with Crippen molar-refractivity contribution in [3.63, 3.8) is 0 Å². The molecule has 13 heteroatoms. The molecule has 126 valence electrons. The number of nitrogens with zero attached hydrogens (tertiary/aromatic N) is 4. The van der Waals surface area contributed by atoms with Crippen LogP contribution in [0.3, 0.4) is 0 Å². The Labute approximate surface area is 137 Å². The van der Waals surface area contributed by atoms with Gasteiger partial charge in [0.15, 0.2) is 11.9 Å². The zero-order chi connectivity index (χ0) is 16.8. The minimum Gasteiger partial charge on any atom is -0.387 e. The smallest absolute Gasteiger partial charge is 0.387 e. The Morgan fingerprint density at radius 2 is 2.04 bits per heavy atom. The number of aliphatic hydroxyl groups is 2. The summed E-state index contributed by atoms with van der Waals surface area (Å²) < 4.78 is 22.4. The van der Waals surface area contributed by atoms with E-state index in [1.807, 2.05) is 0 Å². The van der Waals surface area contributed by atoms with E-state index in [2.05, 4.69) is 35.4 Å². The molecule has 0 aromatic carbocycles. The summed E-state index contributed by atoms with van der Waals surface area (Å²) in [6.07, 6.45) is -2.26. The second-order valence-corrected chi connectivity index (χ2v) is 6.81. The first kappa shape index (κ1) is 16.9. The van der Waals surface area contributed by atoms with E-state index in [4.69, 9.17) is 14.5 Å². The van der Waals surface area contributed by atoms with Crippen LogP contribution in [-0.2, 0) is 13.8 Å². The van der Waals surface area contributed by atoms with Gasteiger partial charge >= 0.3 is 7.82 Å². The normalized spacial score (nSPS) is 28.6. The summed E-state index contributed by atoms with van der Waals surface area (Å²) in [6, 6.07) is 0. The highest BCUT2D eigenvalue weighted by Crippen LogP contribution is 2.38. The monoisotopic (exact) mass is 410 g/mol. The number of rotatable bonds is 4. The third-order valence-electron chi connectivity index (χ3n) is 3.33. The number of aromatic nitrogens is 4. The van der Waals surface area contributed by atoms with E-state index < -0.39 is 39.0 Å². The Bertz CT molecular complexity index is 767. The molecule has 1 fully saturated rings. The van der Waals surface area contributed by atoms with Crippen LogP contribution < -0.4 is 0 Å². The van der Waals surface area contributed by atoms with E-state index in [-0.39, 0.29) is 0 Å². The molecule has 1 aliphatic heterocycles. The molecule has 0 bridgehead atoms. The molecule has 0 radical (unpaired) electrons. The molecular weight excluding hydrogens is 399 g/mol. The van der Waals surface area contributed by atoms with Gasteiger partial charge in [0.1, 0.15) is 34.8 Å². The van der Waals surface area contributed by atoms with Crippen LogP contribution in [0.15, 0.2) is 17.3 Å². The van der Waals surface area contributed by atoms with Crippen molar-refractivity contribution < 1.29 is 33.8 Å². The van der Waals surface area contributed by atoms with Crippen molar-refractivity contribution in [2.75, 3.05) is 6.61 Å². The molecule has 0 aliphatic carbocycles. The number of hydrogen-bond acceptors (Lipinski definition) is 8. The summed E-state index contributed by atoms with van der Waals surface area (Å²) in [4.78, 5) is 29.5. The Hall–Kier alpha value is -0.980. The number of phosphoric ester groups is 1. The quantitative estimate of drug-likeness (QED) is 0.375. The van der Waals surface area contributed by atoms with E-state index >= 15 is 0 Å². The molecule has 4 atom stereocenters. The molecule has 3 heterocycles. The number of ether oxygens (including phenoxy) is 1. The van der Waals surface area contributed by atoms with Crippen LogP contribution in [0.2, 0.25) is 0 Å². The third-order valence-corrected chi connectivity index (χ3v) is 4.40. The molecular formula is C10H12BrN4O7P. The minimum atomic E-state index is -4.71. The minimum absolute atomic E-state index is 0.361. The van der Waals surface area contributed by atoms with Crippen LogP contribution in [-0.4, -0.2) is 64.4 Å². The number of halogens is 1. The Kier molecular flexibility index (Phi) is 4.51. The zero-order valence-corrected chi connectivity index (χ0v) is 13.8. The van der Waals surface area contributed by atoms with Gasteiger partial charge in [-0.25, -0.2) is 19.5 Å². The lowest BCUT2D eigenvalue weighted by molar-refractivity contribution is -0.0504. The second kappa shape index (κ2) is 6.15. The van der Waals surface area contributed by atoms with Crippen molar-refractivity contribution in [3.8, 4) is 0 Å². The van der Waals surface area contributed by atoms with Gasteiger partial charge in [-0.1, -0.05) is 0 Å². The molecule has 1 aliphatic rings. The van der Waals surface area contributed by atoms with Crippen molar-refractivity contribution in [2.45, 2.75) is 24.5 Å². The maximum atomic E-state index is 10.7. The highest BCUT2D eigenvalue weighted by molar-refractivity contribution is 9.10. The fraction of sp³-hybridized carbons (Fsp3) is 0.500. The average molecular weight is 411 g/mol. The third kappa shape index (κ3) is 3.30. The maximum Gasteiger partial charge on any atom is 0.469 e. The molecule has 3 rings (SSSR count). The maximum absolute atomic E-state index is 10.7. The van der Waals surface area contributed by atoms with Crippen LogP contribution in [0.4, 0.5) is 0 Å². The van der Waals surface area contributed by atoms with Gasteiger partial charge < -0.3 is 24.7 Å². The van der Waals surface area contributed by atoms with Crippen LogP contribution in [0, 0.1) is 0 Å². The standard InChI is InChI=1S/C10H12BrN4O7P/c11-8-5-9(13-2-12-8)15(3-14-5)10-7(17)6(16)4(22-10)1-21-23(18,19)20/h2-4,6-7,10,16-17H,1H2,(H2,18,19,20)/t4-,6-,7-,10-/m1/s1. The Morgan fingerprint density at radius 3 is 2.74 bits per heavy atom. The molecule has 0 amide bonds. The van der Waals surface area contributed by atoms with Gasteiger partial charge in [-0.3, -0.25) is 9.09 Å².